The summed E-state index contributed by atoms with van der Waals surface area (Å²) in [5.74, 6) is 2.44. The molecule has 0 amide bonds. The first-order chi connectivity index (χ1) is 15.7. The van der Waals surface area contributed by atoms with Gasteiger partial charge in [-0.1, -0.05) is 72.8 Å². The number of Topliss-reactive ketones (excluding diaryl/α,β-unsaturated/α-hetero) is 1. The molecule has 3 aromatic rings. The van der Waals surface area contributed by atoms with Crippen molar-refractivity contribution in [2.24, 2.45) is 5.92 Å². The number of ketones is 1. The summed E-state index contributed by atoms with van der Waals surface area (Å²) in [7, 11) is 0. The largest absolute Gasteiger partial charge is 0.489 e. The maximum atomic E-state index is 12.3. The minimum atomic E-state index is 0.142. The van der Waals surface area contributed by atoms with Crippen LogP contribution in [0.15, 0.2) is 91.5 Å². The van der Waals surface area contributed by atoms with Crippen molar-refractivity contribution in [1.29, 1.82) is 0 Å². The van der Waals surface area contributed by atoms with Crippen LogP contribution in [0.3, 0.4) is 0 Å². The molecule has 1 fully saturated rings. The van der Waals surface area contributed by atoms with Gasteiger partial charge in [-0.15, -0.1) is 6.58 Å². The van der Waals surface area contributed by atoms with Crippen LogP contribution in [-0.2, 0) is 18.0 Å². The summed E-state index contributed by atoms with van der Waals surface area (Å²) in [6, 6.07) is 26.3. The third-order valence-corrected chi connectivity index (χ3v) is 6.15. The van der Waals surface area contributed by atoms with Crippen LogP contribution in [-0.4, -0.2) is 5.78 Å². The molecule has 0 aromatic heterocycles. The molecule has 0 unspecified atom stereocenters. The van der Waals surface area contributed by atoms with Crippen molar-refractivity contribution in [3.05, 3.63) is 108 Å². The van der Waals surface area contributed by atoms with Gasteiger partial charge in [0.1, 0.15) is 30.5 Å². The van der Waals surface area contributed by atoms with Gasteiger partial charge < -0.3 is 9.47 Å². The molecule has 32 heavy (non-hydrogen) atoms. The fraction of sp³-hybridized carbons (Fsp3) is 0.276. The van der Waals surface area contributed by atoms with Crippen LogP contribution in [0, 0.1) is 5.92 Å². The van der Waals surface area contributed by atoms with Crippen molar-refractivity contribution in [1.82, 2.24) is 0 Å². The fourth-order valence-electron chi connectivity index (χ4n) is 4.43. The smallest absolute Gasteiger partial charge is 0.133 e. The maximum Gasteiger partial charge on any atom is 0.133 e. The van der Waals surface area contributed by atoms with Crippen LogP contribution >= 0.6 is 0 Å². The van der Waals surface area contributed by atoms with E-state index in [1.165, 1.54) is 0 Å². The number of carbonyl (C=O) groups is 1. The zero-order valence-electron chi connectivity index (χ0n) is 18.4. The van der Waals surface area contributed by atoms with E-state index in [2.05, 4.69) is 36.9 Å². The Bertz CT molecular complexity index is 1030. The Morgan fingerprint density at radius 2 is 1.53 bits per heavy atom. The highest BCUT2D eigenvalue weighted by Gasteiger charge is 2.31. The number of hydrogen-bond acceptors (Lipinski definition) is 3. The number of allylic oxidation sites excluding steroid dienone is 1. The van der Waals surface area contributed by atoms with E-state index in [1.54, 1.807) is 0 Å². The van der Waals surface area contributed by atoms with Crippen LogP contribution in [0.2, 0.25) is 0 Å². The molecule has 2 atom stereocenters. The molecule has 0 aliphatic heterocycles. The summed E-state index contributed by atoms with van der Waals surface area (Å²) in [6.07, 6.45) is 5.00. The highest BCUT2D eigenvalue weighted by atomic mass is 16.5. The van der Waals surface area contributed by atoms with Gasteiger partial charge in [0.15, 0.2) is 0 Å². The van der Waals surface area contributed by atoms with Gasteiger partial charge in [-0.05, 0) is 47.4 Å². The molecule has 1 aliphatic rings. The molecule has 3 aromatic carbocycles. The topological polar surface area (TPSA) is 35.5 Å². The number of hydrogen-bond donors (Lipinski definition) is 0. The lowest BCUT2D eigenvalue weighted by Crippen LogP contribution is -2.23. The van der Waals surface area contributed by atoms with E-state index in [4.69, 9.17) is 9.47 Å². The highest BCUT2D eigenvalue weighted by molar-refractivity contribution is 5.80. The third kappa shape index (κ3) is 5.67. The molecule has 0 bridgehead atoms. The normalized spacial score (nSPS) is 18.2. The molecule has 3 nitrogen and oxygen atoms in total. The molecule has 0 radical (unpaired) electrons. The van der Waals surface area contributed by atoms with Gasteiger partial charge in [0, 0.05) is 18.9 Å². The first-order valence-corrected chi connectivity index (χ1v) is 11.3. The summed E-state index contributed by atoms with van der Waals surface area (Å²) >= 11 is 0. The second kappa shape index (κ2) is 10.8. The zero-order valence-corrected chi connectivity index (χ0v) is 18.4. The third-order valence-electron chi connectivity index (χ3n) is 6.15. The Morgan fingerprint density at radius 3 is 2.19 bits per heavy atom. The average Bonchev–Trinajstić information content (AvgIpc) is 2.84. The molecule has 3 heteroatoms. The van der Waals surface area contributed by atoms with Gasteiger partial charge in [0.05, 0.1) is 0 Å². The zero-order chi connectivity index (χ0) is 22.2. The molecular formula is C29H30O3. The Hall–Kier alpha value is -3.33. The van der Waals surface area contributed by atoms with E-state index in [0.717, 1.165) is 41.0 Å². The molecule has 0 N–H and O–H groups in total. The number of rotatable bonds is 9. The van der Waals surface area contributed by atoms with Gasteiger partial charge in [-0.2, -0.15) is 0 Å². The first kappa shape index (κ1) is 21.9. The van der Waals surface area contributed by atoms with E-state index in [0.29, 0.717) is 37.8 Å². The molecule has 1 aliphatic carbocycles. The van der Waals surface area contributed by atoms with Crippen molar-refractivity contribution < 1.29 is 14.3 Å². The van der Waals surface area contributed by atoms with E-state index in [-0.39, 0.29) is 5.92 Å². The lowest BCUT2D eigenvalue weighted by molar-refractivity contribution is -0.121. The summed E-state index contributed by atoms with van der Waals surface area (Å²) in [5.41, 5.74) is 3.32. The van der Waals surface area contributed by atoms with Crippen LogP contribution in [0.5, 0.6) is 11.5 Å². The van der Waals surface area contributed by atoms with E-state index < -0.39 is 0 Å². The minimum Gasteiger partial charge on any atom is -0.489 e. The van der Waals surface area contributed by atoms with Gasteiger partial charge in [-0.25, -0.2) is 0 Å². The van der Waals surface area contributed by atoms with Gasteiger partial charge in [-0.3, -0.25) is 4.79 Å². The molecule has 0 saturated heterocycles. The summed E-state index contributed by atoms with van der Waals surface area (Å²) in [5, 5.41) is 0. The predicted octanol–water partition coefficient (Wildman–Crippen LogP) is 6.87. The van der Waals surface area contributed by atoms with Crippen molar-refractivity contribution in [3.63, 3.8) is 0 Å². The molecule has 0 spiro atoms. The van der Waals surface area contributed by atoms with E-state index in [9.17, 15) is 4.79 Å². The Balaban J connectivity index is 1.59. The Kier molecular flexibility index (Phi) is 7.39. The van der Waals surface area contributed by atoms with Crippen molar-refractivity contribution in [2.75, 3.05) is 0 Å². The second-order valence-corrected chi connectivity index (χ2v) is 8.42. The SMILES string of the molecule is C=CC[C@H]1CCC(=O)C[C@@H]1c1ccc(OCc2ccccc2)cc1OCc1ccccc1. The summed E-state index contributed by atoms with van der Waals surface area (Å²) in [4.78, 5) is 12.3. The van der Waals surface area contributed by atoms with Crippen LogP contribution in [0.4, 0.5) is 0 Å². The lowest BCUT2D eigenvalue weighted by Gasteiger charge is -2.32. The number of carbonyl (C=O) groups excluding carboxylic acids is 1. The molecule has 164 valence electrons. The van der Waals surface area contributed by atoms with Crippen LogP contribution in [0.25, 0.3) is 0 Å². The van der Waals surface area contributed by atoms with Crippen LogP contribution < -0.4 is 9.47 Å². The molecular weight excluding hydrogens is 396 g/mol. The predicted molar refractivity (Wildman–Crippen MR) is 128 cm³/mol. The van der Waals surface area contributed by atoms with Crippen molar-refractivity contribution in [2.45, 2.75) is 44.8 Å². The van der Waals surface area contributed by atoms with Gasteiger partial charge in [0.25, 0.3) is 0 Å². The Labute approximate surface area is 190 Å². The molecule has 1 saturated carbocycles. The van der Waals surface area contributed by atoms with Crippen molar-refractivity contribution in [3.8, 4) is 11.5 Å². The Morgan fingerprint density at radius 1 is 0.875 bits per heavy atom. The maximum absolute atomic E-state index is 12.3. The van der Waals surface area contributed by atoms with E-state index in [1.807, 2.05) is 54.6 Å². The number of ether oxygens (including phenoxy) is 2. The lowest BCUT2D eigenvalue weighted by atomic mass is 9.73. The summed E-state index contributed by atoms with van der Waals surface area (Å²) < 4.78 is 12.4. The van der Waals surface area contributed by atoms with E-state index >= 15 is 0 Å². The quantitative estimate of drug-likeness (QED) is 0.350. The monoisotopic (exact) mass is 426 g/mol. The molecule has 0 heterocycles. The van der Waals surface area contributed by atoms with Crippen LogP contribution in [0.1, 0.15) is 48.3 Å². The van der Waals surface area contributed by atoms with Crippen molar-refractivity contribution >= 4 is 5.78 Å². The first-order valence-electron chi connectivity index (χ1n) is 11.3. The second-order valence-electron chi connectivity index (χ2n) is 8.42. The fourth-order valence-corrected chi connectivity index (χ4v) is 4.43. The van der Waals surface area contributed by atoms with Gasteiger partial charge >= 0.3 is 0 Å². The standard InChI is InChI=1S/C29H30O3/c1-2-9-24-14-15-25(30)18-28(24)27-17-16-26(31-20-22-10-5-3-6-11-22)19-29(27)32-21-23-12-7-4-8-13-23/h2-8,10-13,16-17,19,24,28H,1,9,14-15,18,20-21H2/t24-,28-/m0/s1. The minimum absolute atomic E-state index is 0.142. The number of benzene rings is 3. The molecule has 4 rings (SSSR count). The van der Waals surface area contributed by atoms with Gasteiger partial charge in [0.2, 0.25) is 0 Å². The highest BCUT2D eigenvalue weighted by Crippen LogP contribution is 2.43. The summed E-state index contributed by atoms with van der Waals surface area (Å²) in [6.45, 7) is 4.91. The average molecular weight is 427 g/mol.